The Kier molecular flexibility index (Phi) is 5.68. The Bertz CT molecular complexity index is 1470. The highest BCUT2D eigenvalue weighted by Gasteiger charge is 2.34. The van der Waals surface area contributed by atoms with Crippen LogP contribution in [0, 0.1) is 0 Å². The lowest BCUT2D eigenvalue weighted by Gasteiger charge is -2.06. The third kappa shape index (κ3) is 4.64. The normalized spacial score (nSPS) is 11.5. The fourth-order valence-electron chi connectivity index (χ4n) is 2.98. The van der Waals surface area contributed by atoms with Gasteiger partial charge in [0, 0.05) is 6.92 Å². The van der Waals surface area contributed by atoms with Crippen molar-refractivity contribution in [3.05, 3.63) is 58.9 Å². The van der Waals surface area contributed by atoms with E-state index < -0.39 is 52.5 Å². The van der Waals surface area contributed by atoms with Gasteiger partial charge in [0.15, 0.2) is 34.4 Å². The van der Waals surface area contributed by atoms with E-state index in [2.05, 4.69) is 20.2 Å². The van der Waals surface area contributed by atoms with Gasteiger partial charge < -0.3 is 19.7 Å². The predicted octanol–water partition coefficient (Wildman–Crippen LogP) is 2.65. The van der Waals surface area contributed by atoms with Crippen LogP contribution < -0.4 is 5.73 Å². The second-order valence-electron chi connectivity index (χ2n) is 7.02. The summed E-state index contributed by atoms with van der Waals surface area (Å²) in [5.41, 5.74) is 2.01. The first-order chi connectivity index (χ1) is 16.4. The van der Waals surface area contributed by atoms with Gasteiger partial charge in [-0.1, -0.05) is 6.07 Å². The zero-order valence-corrected chi connectivity index (χ0v) is 17.5. The van der Waals surface area contributed by atoms with Crippen LogP contribution in [0.15, 0.2) is 39.2 Å². The van der Waals surface area contributed by atoms with Gasteiger partial charge in [-0.05, 0) is 24.3 Å². The average Bonchev–Trinajstić information content (AvgIpc) is 3.51. The molecule has 0 unspecified atom stereocenters. The summed E-state index contributed by atoms with van der Waals surface area (Å²) in [4.78, 5) is 43.1. The van der Waals surface area contributed by atoms with Crippen molar-refractivity contribution in [2.45, 2.75) is 19.6 Å². The summed E-state index contributed by atoms with van der Waals surface area (Å²) in [6.45, 7) is 1.15. The lowest BCUT2D eigenvalue weighted by atomic mass is 10.2. The van der Waals surface area contributed by atoms with Gasteiger partial charge in [-0.3, -0.25) is 9.59 Å². The molecule has 4 aromatic heterocycles. The van der Waals surface area contributed by atoms with Crippen LogP contribution in [0.4, 0.5) is 13.2 Å². The number of hydrogen-bond acceptors (Lipinski definition) is 9. The molecule has 0 aliphatic carbocycles. The van der Waals surface area contributed by atoms with E-state index in [4.69, 9.17) is 14.6 Å². The standard InChI is InChI=1S/C20H13F3N6O6/c1-8(30)11-6-5-9(34-11)7-29-27-13(17(24)31)14(28-29)18-26-15(19(32)33)16(35-18)10-3-2-4-12(25-10)20(21,22)23/h2-6H,7H2,1H3,(H2,24,31)(H,32,33). The maximum Gasteiger partial charge on any atom is 0.433 e. The summed E-state index contributed by atoms with van der Waals surface area (Å²) in [6, 6.07) is 5.72. The number of carboxylic acid groups (broad SMARTS) is 1. The van der Waals surface area contributed by atoms with Crippen molar-refractivity contribution in [3.8, 4) is 23.0 Å². The monoisotopic (exact) mass is 490 g/mol. The highest BCUT2D eigenvalue weighted by molar-refractivity contribution is 5.97. The molecule has 0 aliphatic rings. The van der Waals surface area contributed by atoms with Crippen LogP contribution in [0.5, 0.6) is 0 Å². The van der Waals surface area contributed by atoms with Gasteiger partial charge in [-0.25, -0.2) is 9.78 Å². The number of ketones is 1. The van der Waals surface area contributed by atoms with E-state index in [9.17, 15) is 32.7 Å². The van der Waals surface area contributed by atoms with Gasteiger partial charge in [0.2, 0.25) is 0 Å². The number of oxazole rings is 1. The van der Waals surface area contributed by atoms with Crippen LogP contribution >= 0.6 is 0 Å². The van der Waals surface area contributed by atoms with E-state index in [1.807, 2.05) is 0 Å². The number of furan rings is 1. The number of primary amides is 1. The predicted molar refractivity (Wildman–Crippen MR) is 107 cm³/mol. The number of halogens is 3. The van der Waals surface area contributed by atoms with Gasteiger partial charge >= 0.3 is 12.1 Å². The number of carboxylic acids is 1. The number of alkyl halides is 3. The summed E-state index contributed by atoms with van der Waals surface area (Å²) < 4.78 is 49.9. The molecule has 0 bridgehead atoms. The van der Waals surface area contributed by atoms with E-state index >= 15 is 0 Å². The minimum Gasteiger partial charge on any atom is -0.476 e. The smallest absolute Gasteiger partial charge is 0.433 e. The maximum atomic E-state index is 13.1. The molecule has 180 valence electrons. The number of Topliss-reactive ketones (excluding diaryl/α,β-unsaturated/α-hetero) is 1. The second-order valence-corrected chi connectivity index (χ2v) is 7.02. The molecular weight excluding hydrogens is 477 g/mol. The summed E-state index contributed by atoms with van der Waals surface area (Å²) in [5, 5.41) is 17.4. The maximum absolute atomic E-state index is 13.1. The van der Waals surface area contributed by atoms with Gasteiger partial charge in [-0.2, -0.15) is 23.0 Å². The van der Waals surface area contributed by atoms with Crippen LogP contribution in [-0.2, 0) is 12.7 Å². The molecule has 4 rings (SSSR count). The topological polar surface area (TPSA) is 180 Å². The lowest BCUT2D eigenvalue weighted by molar-refractivity contribution is -0.141. The van der Waals surface area contributed by atoms with Crippen molar-refractivity contribution in [1.29, 1.82) is 0 Å². The van der Waals surface area contributed by atoms with E-state index in [0.717, 1.165) is 16.9 Å². The molecule has 0 aromatic carbocycles. The molecule has 0 radical (unpaired) electrons. The van der Waals surface area contributed by atoms with Crippen LogP contribution in [0.25, 0.3) is 23.0 Å². The number of carbonyl (C=O) groups is 3. The highest BCUT2D eigenvalue weighted by atomic mass is 19.4. The average molecular weight is 490 g/mol. The number of aromatic carboxylic acids is 1. The molecule has 15 heteroatoms. The van der Waals surface area contributed by atoms with Crippen molar-refractivity contribution in [2.24, 2.45) is 5.73 Å². The van der Waals surface area contributed by atoms with Crippen molar-refractivity contribution >= 4 is 17.7 Å². The number of nitrogens with zero attached hydrogens (tertiary/aromatic N) is 5. The third-order valence-electron chi connectivity index (χ3n) is 4.50. The molecule has 3 N–H and O–H groups in total. The molecule has 1 amide bonds. The van der Waals surface area contributed by atoms with Gasteiger partial charge in [0.05, 0.1) is 0 Å². The highest BCUT2D eigenvalue weighted by Crippen LogP contribution is 2.33. The Morgan fingerprint density at radius 1 is 1.06 bits per heavy atom. The number of pyridine rings is 1. The molecule has 0 aliphatic heterocycles. The lowest BCUT2D eigenvalue weighted by Crippen LogP contribution is -2.13. The molecular formula is C20H13F3N6O6. The third-order valence-corrected chi connectivity index (χ3v) is 4.50. The van der Waals surface area contributed by atoms with Crippen molar-refractivity contribution in [3.63, 3.8) is 0 Å². The fourth-order valence-corrected chi connectivity index (χ4v) is 2.98. The van der Waals surface area contributed by atoms with Crippen LogP contribution in [0.1, 0.15) is 49.9 Å². The van der Waals surface area contributed by atoms with E-state index in [1.54, 1.807) is 0 Å². The molecule has 0 saturated heterocycles. The van der Waals surface area contributed by atoms with E-state index in [-0.39, 0.29) is 29.5 Å². The number of aromatic nitrogens is 5. The molecule has 4 heterocycles. The molecule has 12 nitrogen and oxygen atoms in total. The summed E-state index contributed by atoms with van der Waals surface area (Å²) in [6.07, 6.45) is -4.79. The van der Waals surface area contributed by atoms with Crippen LogP contribution in [-0.4, -0.2) is 47.7 Å². The Morgan fingerprint density at radius 3 is 2.40 bits per heavy atom. The first-order valence-corrected chi connectivity index (χ1v) is 9.57. The Balaban J connectivity index is 1.78. The van der Waals surface area contributed by atoms with Crippen molar-refractivity contribution < 1.29 is 41.5 Å². The SMILES string of the molecule is CC(=O)c1ccc(Cn2nc(C(N)=O)c(-c3nc(C(=O)O)c(-c4cccc(C(F)(F)F)n4)o3)n2)o1. The van der Waals surface area contributed by atoms with Gasteiger partial charge in [0.25, 0.3) is 11.8 Å². The fraction of sp³-hybridized carbons (Fsp3) is 0.150. The first-order valence-electron chi connectivity index (χ1n) is 9.57. The molecule has 0 atom stereocenters. The first kappa shape index (κ1) is 23.3. The Hall–Kier alpha value is -4.82. The number of carbonyl (C=O) groups excluding carboxylic acids is 2. The molecule has 4 aromatic rings. The Labute approximate surface area is 192 Å². The van der Waals surface area contributed by atoms with E-state index in [1.165, 1.54) is 19.1 Å². The largest absolute Gasteiger partial charge is 0.476 e. The number of hydrogen-bond donors (Lipinski definition) is 2. The van der Waals surface area contributed by atoms with Crippen LogP contribution in [0.3, 0.4) is 0 Å². The molecule has 0 spiro atoms. The van der Waals surface area contributed by atoms with Gasteiger partial charge in [0.1, 0.15) is 23.7 Å². The van der Waals surface area contributed by atoms with Crippen LogP contribution in [0.2, 0.25) is 0 Å². The quantitative estimate of drug-likeness (QED) is 0.366. The number of nitrogens with two attached hydrogens (primary N) is 1. The molecule has 0 fully saturated rings. The van der Waals surface area contributed by atoms with E-state index in [0.29, 0.717) is 6.07 Å². The second kappa shape index (κ2) is 8.51. The number of amides is 1. The number of rotatable bonds is 7. The van der Waals surface area contributed by atoms with Crippen molar-refractivity contribution in [1.82, 2.24) is 25.0 Å². The molecule has 0 saturated carbocycles. The zero-order chi connectivity index (χ0) is 25.5. The summed E-state index contributed by atoms with van der Waals surface area (Å²) in [5.74, 6) is -3.82. The minimum absolute atomic E-state index is 0.0829. The zero-order valence-electron chi connectivity index (χ0n) is 17.5. The summed E-state index contributed by atoms with van der Waals surface area (Å²) in [7, 11) is 0. The summed E-state index contributed by atoms with van der Waals surface area (Å²) >= 11 is 0. The van der Waals surface area contributed by atoms with Gasteiger partial charge in [-0.15, -0.1) is 10.2 Å². The Morgan fingerprint density at radius 2 is 1.80 bits per heavy atom. The minimum atomic E-state index is -4.79. The molecule has 35 heavy (non-hydrogen) atoms. The van der Waals surface area contributed by atoms with Crippen molar-refractivity contribution in [2.75, 3.05) is 0 Å².